The van der Waals surface area contributed by atoms with E-state index < -0.39 is 5.91 Å². The van der Waals surface area contributed by atoms with E-state index in [-0.39, 0.29) is 17.8 Å². The predicted octanol–water partition coefficient (Wildman–Crippen LogP) is 3.62. The molecule has 0 saturated heterocycles. The van der Waals surface area contributed by atoms with Gasteiger partial charge in [0.05, 0.1) is 11.3 Å². The highest BCUT2D eigenvalue weighted by Gasteiger charge is 2.12. The summed E-state index contributed by atoms with van der Waals surface area (Å²) in [6.07, 6.45) is 2.81. The van der Waals surface area contributed by atoms with Gasteiger partial charge in [-0.1, -0.05) is 24.3 Å². The number of rotatable bonds is 5. The quantitative estimate of drug-likeness (QED) is 0.825. The van der Waals surface area contributed by atoms with Crippen LogP contribution in [0.5, 0.6) is 0 Å². The molecule has 5 heteroatoms. The molecule has 2 rings (SSSR count). The third-order valence-corrected chi connectivity index (χ3v) is 3.13. The number of amides is 2. The van der Waals surface area contributed by atoms with Gasteiger partial charge in [-0.3, -0.25) is 9.59 Å². The number of para-hydroxylation sites is 1. The molecular formula is C19H19FN2O2. The van der Waals surface area contributed by atoms with Crippen molar-refractivity contribution in [3.05, 3.63) is 71.6 Å². The van der Waals surface area contributed by atoms with Crippen LogP contribution in [0.1, 0.15) is 29.8 Å². The molecule has 0 aliphatic heterocycles. The van der Waals surface area contributed by atoms with Crippen molar-refractivity contribution in [1.29, 1.82) is 0 Å². The Morgan fingerprint density at radius 1 is 1.08 bits per heavy atom. The maximum Gasteiger partial charge on any atom is 0.253 e. The molecular weight excluding hydrogens is 307 g/mol. The van der Waals surface area contributed by atoms with E-state index in [1.807, 2.05) is 13.8 Å². The van der Waals surface area contributed by atoms with Gasteiger partial charge >= 0.3 is 0 Å². The topological polar surface area (TPSA) is 58.2 Å². The van der Waals surface area contributed by atoms with Crippen molar-refractivity contribution >= 4 is 23.6 Å². The van der Waals surface area contributed by atoms with Gasteiger partial charge in [0.25, 0.3) is 5.91 Å². The van der Waals surface area contributed by atoms with Gasteiger partial charge in [0.2, 0.25) is 5.91 Å². The summed E-state index contributed by atoms with van der Waals surface area (Å²) < 4.78 is 13.1. The molecule has 2 N–H and O–H groups in total. The second-order valence-electron chi connectivity index (χ2n) is 5.55. The van der Waals surface area contributed by atoms with Crippen LogP contribution in [0.15, 0.2) is 54.6 Å². The Bertz CT molecular complexity index is 769. The number of hydrogen-bond acceptors (Lipinski definition) is 2. The van der Waals surface area contributed by atoms with Gasteiger partial charge in [0.1, 0.15) is 5.82 Å². The Labute approximate surface area is 140 Å². The van der Waals surface area contributed by atoms with Crippen LogP contribution >= 0.6 is 0 Å². The van der Waals surface area contributed by atoms with Gasteiger partial charge in [-0.15, -0.1) is 0 Å². The first-order chi connectivity index (χ1) is 11.5. The largest absolute Gasteiger partial charge is 0.350 e. The highest BCUT2D eigenvalue weighted by Crippen LogP contribution is 2.15. The predicted molar refractivity (Wildman–Crippen MR) is 93.1 cm³/mol. The van der Waals surface area contributed by atoms with Crippen molar-refractivity contribution in [2.45, 2.75) is 19.9 Å². The normalized spacial score (nSPS) is 10.8. The minimum atomic E-state index is -0.399. The summed E-state index contributed by atoms with van der Waals surface area (Å²) in [5.74, 6) is -1.02. The fraction of sp³-hybridized carbons (Fsp3) is 0.158. The van der Waals surface area contributed by atoms with E-state index in [9.17, 15) is 14.0 Å². The first-order valence-electron chi connectivity index (χ1n) is 7.60. The average Bonchev–Trinajstić information content (AvgIpc) is 2.53. The lowest BCUT2D eigenvalue weighted by molar-refractivity contribution is -0.111. The molecule has 0 bridgehead atoms. The molecule has 0 unspecified atom stereocenters. The Morgan fingerprint density at radius 3 is 2.54 bits per heavy atom. The standard InChI is InChI=1S/C19H19FN2O2/c1-13(2)21-19(24)16-8-3-4-9-17(16)22-18(23)11-10-14-6-5-7-15(20)12-14/h3-13H,1-2H3,(H,21,24)(H,22,23)/b11-10+. The molecule has 124 valence electrons. The number of benzene rings is 2. The Morgan fingerprint density at radius 2 is 1.83 bits per heavy atom. The third-order valence-electron chi connectivity index (χ3n) is 3.13. The zero-order valence-electron chi connectivity index (χ0n) is 13.5. The summed E-state index contributed by atoms with van der Waals surface area (Å²) in [4.78, 5) is 24.2. The number of anilines is 1. The van der Waals surface area contributed by atoms with Crippen LogP contribution < -0.4 is 10.6 Å². The summed E-state index contributed by atoms with van der Waals surface area (Å²) in [5.41, 5.74) is 1.39. The Balaban J connectivity index is 2.10. The maximum absolute atomic E-state index is 13.1. The lowest BCUT2D eigenvalue weighted by Gasteiger charge is -2.12. The van der Waals surface area contributed by atoms with Crippen LogP contribution in [-0.4, -0.2) is 17.9 Å². The molecule has 0 radical (unpaired) electrons. The number of carbonyl (C=O) groups is 2. The van der Waals surface area contributed by atoms with Crippen molar-refractivity contribution in [2.75, 3.05) is 5.32 Å². The van der Waals surface area contributed by atoms with Crippen LogP contribution in [0.4, 0.5) is 10.1 Å². The summed E-state index contributed by atoms with van der Waals surface area (Å²) in [5, 5.41) is 5.46. The maximum atomic E-state index is 13.1. The van der Waals surface area contributed by atoms with Gasteiger partial charge in [0.15, 0.2) is 0 Å². The van der Waals surface area contributed by atoms with Gasteiger partial charge in [-0.25, -0.2) is 4.39 Å². The van der Waals surface area contributed by atoms with Crippen LogP contribution in [0, 0.1) is 5.82 Å². The van der Waals surface area contributed by atoms with Gasteiger partial charge in [0, 0.05) is 12.1 Å². The Kier molecular flexibility index (Phi) is 5.84. The molecule has 0 heterocycles. The van der Waals surface area contributed by atoms with Crippen molar-refractivity contribution in [3.8, 4) is 0 Å². The van der Waals surface area contributed by atoms with Crippen LogP contribution in [0.2, 0.25) is 0 Å². The lowest BCUT2D eigenvalue weighted by Crippen LogP contribution is -2.30. The third kappa shape index (κ3) is 5.05. The zero-order valence-corrected chi connectivity index (χ0v) is 13.5. The first kappa shape index (κ1) is 17.4. The van der Waals surface area contributed by atoms with Gasteiger partial charge < -0.3 is 10.6 Å². The summed E-state index contributed by atoms with van der Waals surface area (Å²) in [7, 11) is 0. The molecule has 0 spiro atoms. The second-order valence-corrected chi connectivity index (χ2v) is 5.55. The zero-order chi connectivity index (χ0) is 17.5. The summed E-state index contributed by atoms with van der Waals surface area (Å²) in [6.45, 7) is 3.72. The molecule has 0 fully saturated rings. The van der Waals surface area contributed by atoms with E-state index in [4.69, 9.17) is 0 Å². The van der Waals surface area contributed by atoms with Crippen LogP contribution in [-0.2, 0) is 4.79 Å². The molecule has 0 aliphatic carbocycles. The molecule has 24 heavy (non-hydrogen) atoms. The van der Waals surface area contributed by atoms with Gasteiger partial charge in [-0.2, -0.15) is 0 Å². The first-order valence-corrected chi connectivity index (χ1v) is 7.60. The van der Waals surface area contributed by atoms with E-state index in [1.54, 1.807) is 36.4 Å². The molecule has 2 aromatic rings. The number of hydrogen-bond donors (Lipinski definition) is 2. The van der Waals surface area contributed by atoms with E-state index in [0.717, 1.165) is 0 Å². The molecule has 2 amide bonds. The van der Waals surface area contributed by atoms with E-state index in [0.29, 0.717) is 16.8 Å². The summed E-state index contributed by atoms with van der Waals surface area (Å²) in [6, 6.07) is 12.7. The lowest BCUT2D eigenvalue weighted by atomic mass is 10.1. The number of carbonyl (C=O) groups excluding carboxylic acids is 2. The molecule has 2 aromatic carbocycles. The molecule has 0 aromatic heterocycles. The smallest absolute Gasteiger partial charge is 0.253 e. The van der Waals surface area contributed by atoms with Crippen molar-refractivity contribution in [2.24, 2.45) is 0 Å². The van der Waals surface area contributed by atoms with Crippen LogP contribution in [0.25, 0.3) is 6.08 Å². The van der Waals surface area contributed by atoms with Crippen molar-refractivity contribution in [1.82, 2.24) is 5.32 Å². The van der Waals surface area contributed by atoms with E-state index in [2.05, 4.69) is 10.6 Å². The molecule has 0 saturated carbocycles. The van der Waals surface area contributed by atoms with Crippen molar-refractivity contribution in [3.63, 3.8) is 0 Å². The SMILES string of the molecule is CC(C)NC(=O)c1ccccc1NC(=O)/C=C/c1cccc(F)c1. The number of nitrogens with one attached hydrogen (secondary N) is 2. The van der Waals surface area contributed by atoms with E-state index in [1.165, 1.54) is 24.3 Å². The number of halogens is 1. The molecule has 0 atom stereocenters. The highest BCUT2D eigenvalue weighted by atomic mass is 19.1. The van der Waals surface area contributed by atoms with E-state index >= 15 is 0 Å². The fourth-order valence-corrected chi connectivity index (χ4v) is 2.09. The highest BCUT2D eigenvalue weighted by molar-refractivity contribution is 6.07. The molecule has 0 aliphatic rings. The fourth-order valence-electron chi connectivity index (χ4n) is 2.09. The minimum Gasteiger partial charge on any atom is -0.350 e. The average molecular weight is 326 g/mol. The molecule has 4 nitrogen and oxygen atoms in total. The minimum absolute atomic E-state index is 0.00543. The van der Waals surface area contributed by atoms with Gasteiger partial charge in [-0.05, 0) is 49.8 Å². The van der Waals surface area contributed by atoms with Crippen molar-refractivity contribution < 1.29 is 14.0 Å². The van der Waals surface area contributed by atoms with Crippen LogP contribution in [0.3, 0.4) is 0 Å². The summed E-state index contributed by atoms with van der Waals surface area (Å²) >= 11 is 0. The second kappa shape index (κ2) is 8.06. The Hall–Kier alpha value is -2.95. The monoisotopic (exact) mass is 326 g/mol.